The Morgan fingerprint density at radius 3 is 2.33 bits per heavy atom. The van der Waals surface area contributed by atoms with E-state index in [1.165, 1.54) is 36.1 Å². The smallest absolute Gasteiger partial charge is 0.355 e. The van der Waals surface area contributed by atoms with E-state index in [4.69, 9.17) is 4.74 Å². The highest BCUT2D eigenvalue weighted by atomic mass is 16.6. The van der Waals surface area contributed by atoms with Crippen molar-refractivity contribution in [1.82, 2.24) is 4.90 Å². The number of benzene rings is 3. The van der Waals surface area contributed by atoms with Crippen LogP contribution in [-0.4, -0.2) is 44.7 Å². The van der Waals surface area contributed by atoms with Gasteiger partial charge in [0.25, 0.3) is 5.69 Å². The van der Waals surface area contributed by atoms with Gasteiger partial charge in [-0.05, 0) is 59.9 Å². The third-order valence-electron chi connectivity index (χ3n) is 7.68. The molecule has 0 aliphatic carbocycles. The maximum absolute atomic E-state index is 13.5. The number of ketones is 1. The van der Waals surface area contributed by atoms with Gasteiger partial charge in [0.2, 0.25) is 5.91 Å². The molecule has 2 aliphatic rings. The first-order chi connectivity index (χ1) is 19.1. The summed E-state index contributed by atoms with van der Waals surface area (Å²) in [5, 5.41) is 21.2. The van der Waals surface area contributed by atoms with Gasteiger partial charge in [-0.3, -0.25) is 19.7 Å². The highest BCUT2D eigenvalue weighted by Gasteiger charge is 2.60. The van der Waals surface area contributed by atoms with Crippen LogP contribution in [0.15, 0.2) is 78.5 Å². The van der Waals surface area contributed by atoms with Crippen LogP contribution in [0.5, 0.6) is 0 Å². The van der Waals surface area contributed by atoms with Crippen molar-refractivity contribution >= 4 is 28.9 Å². The van der Waals surface area contributed by atoms with Crippen molar-refractivity contribution in [2.75, 3.05) is 0 Å². The fraction of sp³-hybridized carbons (Fsp3) is 0.258. The van der Waals surface area contributed by atoms with Crippen LogP contribution in [0, 0.1) is 22.0 Å². The van der Waals surface area contributed by atoms with Crippen LogP contribution in [0.25, 0.3) is 16.7 Å². The molecular weight excluding hydrogens is 512 g/mol. The fourth-order valence-corrected chi connectivity index (χ4v) is 5.75. The predicted octanol–water partition coefficient (Wildman–Crippen LogP) is 4.78. The lowest BCUT2D eigenvalue weighted by Gasteiger charge is -2.46. The topological polar surface area (TPSA) is 127 Å². The van der Waals surface area contributed by atoms with Crippen molar-refractivity contribution in [3.8, 4) is 11.1 Å². The van der Waals surface area contributed by atoms with E-state index < -0.39 is 29.0 Å². The number of esters is 1. The van der Waals surface area contributed by atoms with E-state index in [0.717, 1.165) is 11.1 Å². The molecule has 5 rings (SSSR count). The molecule has 1 unspecified atom stereocenters. The maximum atomic E-state index is 13.5. The summed E-state index contributed by atoms with van der Waals surface area (Å²) in [5.41, 5.74) is 3.85. The number of nitrogens with zero attached hydrogens (tertiary/aromatic N) is 2. The zero-order valence-corrected chi connectivity index (χ0v) is 22.2. The minimum Gasteiger partial charge on any atom is -0.456 e. The molecule has 204 valence electrons. The molecule has 4 atom stereocenters. The number of β-lactam (4-membered cyclic amide) rings is 1. The zero-order valence-electron chi connectivity index (χ0n) is 22.2. The Morgan fingerprint density at radius 2 is 1.73 bits per heavy atom. The molecule has 0 bridgehead atoms. The quantitative estimate of drug-likeness (QED) is 0.143. The highest BCUT2D eigenvalue weighted by molar-refractivity contribution is 6.08. The fourth-order valence-electron chi connectivity index (χ4n) is 5.75. The van der Waals surface area contributed by atoms with Gasteiger partial charge in [0.15, 0.2) is 5.78 Å². The molecule has 0 saturated carbocycles. The number of fused-ring (bicyclic) bond motifs is 1. The number of ether oxygens (including phenoxy) is 1. The van der Waals surface area contributed by atoms with Gasteiger partial charge in [-0.2, -0.15) is 0 Å². The highest BCUT2D eigenvalue weighted by Crippen LogP contribution is 2.51. The van der Waals surface area contributed by atoms with Gasteiger partial charge in [0.1, 0.15) is 12.3 Å². The molecule has 0 aromatic heterocycles. The average molecular weight is 541 g/mol. The largest absolute Gasteiger partial charge is 0.456 e. The van der Waals surface area contributed by atoms with Gasteiger partial charge in [-0.15, -0.1) is 0 Å². The standard InChI is InChI=1S/C31H28N2O7/c1-17-26(22-11-14-24(25(15-22)18(2)34)21-7-5-4-6-8-21)29(32-28(17)27(19(3)35)30(32)36)31(37)40-16-20-9-12-23(13-10-20)33(38)39/h4-15,17,19,27-28,35H,16H2,1-3H3/t17-,19?,27+,28+/m0/s1. The Kier molecular flexibility index (Phi) is 7.08. The number of non-ortho nitro benzene ring substituents is 1. The molecule has 40 heavy (non-hydrogen) atoms. The molecule has 1 saturated heterocycles. The first-order valence-corrected chi connectivity index (χ1v) is 13.0. The first-order valence-electron chi connectivity index (χ1n) is 13.0. The summed E-state index contributed by atoms with van der Waals surface area (Å²) in [7, 11) is 0. The van der Waals surface area contributed by atoms with Crippen molar-refractivity contribution in [3.05, 3.63) is 105 Å². The summed E-state index contributed by atoms with van der Waals surface area (Å²) >= 11 is 0. The summed E-state index contributed by atoms with van der Waals surface area (Å²) in [6, 6.07) is 20.1. The van der Waals surface area contributed by atoms with Crippen LogP contribution in [0.1, 0.15) is 42.3 Å². The number of amides is 1. The number of aliphatic hydroxyl groups excluding tert-OH is 1. The van der Waals surface area contributed by atoms with E-state index in [2.05, 4.69) is 0 Å². The molecule has 1 fully saturated rings. The Hall–Kier alpha value is -4.63. The SMILES string of the molecule is CC(=O)c1cc(C2=C(C(=O)OCc3ccc([N+](=O)[O-])cc3)N3C(=O)[C@H](C(C)O)[C@H]3[C@H]2C)ccc1-c1ccccc1. The van der Waals surface area contributed by atoms with Crippen LogP contribution in [0.2, 0.25) is 0 Å². The van der Waals surface area contributed by atoms with Gasteiger partial charge in [-0.25, -0.2) is 4.79 Å². The summed E-state index contributed by atoms with van der Waals surface area (Å²) in [5.74, 6) is -2.22. The predicted molar refractivity (Wildman–Crippen MR) is 147 cm³/mol. The van der Waals surface area contributed by atoms with Crippen molar-refractivity contribution in [1.29, 1.82) is 0 Å². The van der Waals surface area contributed by atoms with E-state index in [9.17, 15) is 29.6 Å². The summed E-state index contributed by atoms with van der Waals surface area (Å²) < 4.78 is 5.59. The van der Waals surface area contributed by atoms with E-state index in [0.29, 0.717) is 22.3 Å². The Balaban J connectivity index is 1.54. The number of hydrogen-bond acceptors (Lipinski definition) is 7. The van der Waals surface area contributed by atoms with Crippen molar-refractivity contribution in [2.45, 2.75) is 39.5 Å². The first kappa shape index (κ1) is 27.0. The van der Waals surface area contributed by atoms with Gasteiger partial charge in [0, 0.05) is 23.6 Å². The maximum Gasteiger partial charge on any atom is 0.355 e. The van der Waals surface area contributed by atoms with E-state index >= 15 is 0 Å². The van der Waals surface area contributed by atoms with E-state index in [1.54, 1.807) is 13.0 Å². The molecule has 2 aliphatic heterocycles. The third-order valence-corrected chi connectivity index (χ3v) is 7.68. The van der Waals surface area contributed by atoms with E-state index in [1.807, 2.05) is 49.4 Å². The monoisotopic (exact) mass is 540 g/mol. The van der Waals surface area contributed by atoms with E-state index in [-0.39, 0.29) is 35.6 Å². The number of nitro benzene ring substituents is 1. The van der Waals surface area contributed by atoms with Gasteiger partial charge < -0.3 is 14.7 Å². The number of hydrogen-bond donors (Lipinski definition) is 1. The van der Waals surface area contributed by atoms with Crippen molar-refractivity contribution < 1.29 is 29.2 Å². The Labute approximate surface area is 230 Å². The number of rotatable bonds is 8. The lowest BCUT2D eigenvalue weighted by molar-refractivity contribution is -0.384. The van der Waals surface area contributed by atoms with Gasteiger partial charge in [0.05, 0.1) is 23.0 Å². The normalized spacial score (nSPS) is 20.6. The van der Waals surface area contributed by atoms with Crippen LogP contribution in [0.3, 0.4) is 0 Å². The molecule has 2 heterocycles. The molecule has 1 amide bonds. The third kappa shape index (κ3) is 4.58. The second kappa shape index (κ2) is 10.5. The molecule has 9 heteroatoms. The van der Waals surface area contributed by atoms with Crippen LogP contribution >= 0.6 is 0 Å². The molecule has 9 nitrogen and oxygen atoms in total. The molecule has 1 N–H and O–H groups in total. The number of carbonyl (C=O) groups is 3. The Bertz CT molecular complexity index is 1540. The summed E-state index contributed by atoms with van der Waals surface area (Å²) in [4.78, 5) is 51.2. The van der Waals surface area contributed by atoms with Crippen LogP contribution in [-0.2, 0) is 20.9 Å². The van der Waals surface area contributed by atoms with Gasteiger partial charge >= 0.3 is 5.97 Å². The molecular formula is C31H28N2O7. The Morgan fingerprint density at radius 1 is 1.05 bits per heavy atom. The molecule has 0 spiro atoms. The number of Topliss-reactive ketones (excluding diaryl/α,β-unsaturated/α-hetero) is 1. The second-order valence-corrected chi connectivity index (χ2v) is 10.2. The number of carbonyl (C=O) groups excluding carboxylic acids is 3. The lowest BCUT2D eigenvalue weighted by atomic mass is 9.76. The summed E-state index contributed by atoms with van der Waals surface area (Å²) in [6.07, 6.45) is -0.902. The average Bonchev–Trinajstić information content (AvgIpc) is 3.20. The minimum absolute atomic E-state index is 0.0805. The van der Waals surface area contributed by atoms with Crippen molar-refractivity contribution in [3.63, 3.8) is 0 Å². The van der Waals surface area contributed by atoms with Crippen LogP contribution < -0.4 is 0 Å². The zero-order chi connectivity index (χ0) is 28.7. The molecule has 0 radical (unpaired) electrons. The summed E-state index contributed by atoms with van der Waals surface area (Å²) in [6.45, 7) is 4.78. The lowest BCUT2D eigenvalue weighted by Crippen LogP contribution is -2.63. The van der Waals surface area contributed by atoms with Gasteiger partial charge in [-0.1, -0.05) is 49.4 Å². The van der Waals surface area contributed by atoms with Crippen molar-refractivity contribution in [2.24, 2.45) is 11.8 Å². The number of aliphatic hydroxyl groups is 1. The number of nitro groups is 1. The minimum atomic E-state index is -0.902. The molecule has 3 aromatic rings. The van der Waals surface area contributed by atoms with Crippen LogP contribution in [0.4, 0.5) is 5.69 Å². The second-order valence-electron chi connectivity index (χ2n) is 10.2. The molecule has 3 aromatic carbocycles.